The number of carbonyl (C=O) groups is 1. The van der Waals surface area contributed by atoms with Crippen molar-refractivity contribution in [1.29, 1.82) is 0 Å². The molecule has 1 heterocycles. The molecule has 4 heteroatoms. The summed E-state index contributed by atoms with van der Waals surface area (Å²) in [5.41, 5.74) is 5.32. The number of likely N-dealkylation sites (tertiary alicyclic amines) is 1. The van der Waals surface area contributed by atoms with E-state index in [0.717, 1.165) is 19.6 Å². The largest absolute Gasteiger partial charge is 0.444 e. The van der Waals surface area contributed by atoms with Gasteiger partial charge >= 0.3 is 6.09 Å². The van der Waals surface area contributed by atoms with Gasteiger partial charge in [0.1, 0.15) is 5.60 Å². The highest BCUT2D eigenvalue weighted by atomic mass is 16.6. The van der Waals surface area contributed by atoms with Crippen molar-refractivity contribution in [2.24, 2.45) is 23.5 Å². The Hall–Kier alpha value is -0.770. The van der Waals surface area contributed by atoms with Gasteiger partial charge in [0.15, 0.2) is 0 Å². The van der Waals surface area contributed by atoms with E-state index in [1.54, 1.807) is 0 Å². The minimum atomic E-state index is -0.394. The third kappa shape index (κ3) is 2.92. The minimum absolute atomic E-state index is 0.156. The lowest BCUT2D eigenvalue weighted by Crippen LogP contribution is -2.36. The van der Waals surface area contributed by atoms with Crippen LogP contribution < -0.4 is 5.73 Å². The molecule has 98 valence electrons. The normalized spacial score (nSPS) is 29.5. The lowest BCUT2D eigenvalue weighted by Gasteiger charge is -2.25. The van der Waals surface area contributed by atoms with Gasteiger partial charge in [-0.3, -0.25) is 0 Å². The second kappa shape index (κ2) is 4.48. The second-order valence-electron chi connectivity index (χ2n) is 6.48. The van der Waals surface area contributed by atoms with Gasteiger partial charge in [0.25, 0.3) is 0 Å². The molecule has 1 saturated heterocycles. The van der Waals surface area contributed by atoms with E-state index < -0.39 is 5.60 Å². The number of hydrogen-bond donors (Lipinski definition) is 1. The van der Waals surface area contributed by atoms with Gasteiger partial charge in [0.2, 0.25) is 0 Å². The Bertz CT molecular complexity index is 284. The molecule has 0 aromatic heterocycles. The maximum absolute atomic E-state index is 11.9. The van der Waals surface area contributed by atoms with Crippen molar-refractivity contribution >= 4 is 6.09 Å². The monoisotopic (exact) mass is 240 g/mol. The first-order valence-corrected chi connectivity index (χ1v) is 6.57. The topological polar surface area (TPSA) is 55.6 Å². The van der Waals surface area contributed by atoms with E-state index in [4.69, 9.17) is 10.5 Å². The Balaban J connectivity index is 1.86. The Kier molecular flexibility index (Phi) is 3.34. The minimum Gasteiger partial charge on any atom is -0.444 e. The maximum Gasteiger partial charge on any atom is 0.410 e. The smallest absolute Gasteiger partial charge is 0.410 e. The van der Waals surface area contributed by atoms with Gasteiger partial charge in [0, 0.05) is 13.1 Å². The van der Waals surface area contributed by atoms with Gasteiger partial charge in [0.05, 0.1) is 0 Å². The zero-order valence-electron chi connectivity index (χ0n) is 11.1. The standard InChI is InChI=1S/C13H24N2O2/c1-13(2,3)17-12(16)15-7-10-4-9(6-14)5-11(10)8-15/h9-11H,4-8,14H2,1-3H3/t10-,11-/m1/s1. The summed E-state index contributed by atoms with van der Waals surface area (Å²) in [5, 5.41) is 0. The number of rotatable bonds is 1. The van der Waals surface area contributed by atoms with Crippen LogP contribution in [0.15, 0.2) is 0 Å². The lowest BCUT2D eigenvalue weighted by molar-refractivity contribution is 0.0278. The highest BCUT2D eigenvalue weighted by Crippen LogP contribution is 2.41. The van der Waals surface area contributed by atoms with Gasteiger partial charge in [-0.15, -0.1) is 0 Å². The maximum atomic E-state index is 11.9. The van der Waals surface area contributed by atoms with Crippen molar-refractivity contribution in [3.05, 3.63) is 0 Å². The molecular weight excluding hydrogens is 216 g/mol. The van der Waals surface area contributed by atoms with Crippen LogP contribution in [0.3, 0.4) is 0 Å². The summed E-state index contributed by atoms with van der Waals surface area (Å²) in [5.74, 6) is 1.97. The van der Waals surface area contributed by atoms with E-state index in [1.165, 1.54) is 12.8 Å². The first kappa shape index (κ1) is 12.7. The average molecular weight is 240 g/mol. The zero-order valence-corrected chi connectivity index (χ0v) is 11.1. The van der Waals surface area contributed by atoms with E-state index in [9.17, 15) is 4.79 Å². The molecule has 1 amide bonds. The van der Waals surface area contributed by atoms with Gasteiger partial charge < -0.3 is 15.4 Å². The van der Waals surface area contributed by atoms with E-state index >= 15 is 0 Å². The molecule has 1 aliphatic heterocycles. The summed E-state index contributed by atoms with van der Waals surface area (Å²) < 4.78 is 5.40. The third-order valence-corrected chi connectivity index (χ3v) is 3.83. The van der Waals surface area contributed by atoms with Crippen molar-refractivity contribution in [3.63, 3.8) is 0 Å². The third-order valence-electron chi connectivity index (χ3n) is 3.83. The highest BCUT2D eigenvalue weighted by molar-refractivity contribution is 5.68. The summed E-state index contributed by atoms with van der Waals surface area (Å²) >= 11 is 0. The summed E-state index contributed by atoms with van der Waals surface area (Å²) in [6, 6.07) is 0. The molecule has 2 fully saturated rings. The number of fused-ring (bicyclic) bond motifs is 1. The van der Waals surface area contributed by atoms with Crippen LogP contribution in [0.4, 0.5) is 4.79 Å². The molecule has 1 aliphatic carbocycles. The Morgan fingerprint density at radius 1 is 1.29 bits per heavy atom. The second-order valence-corrected chi connectivity index (χ2v) is 6.48. The molecule has 1 saturated carbocycles. The molecule has 4 nitrogen and oxygen atoms in total. The van der Waals surface area contributed by atoms with E-state index in [1.807, 2.05) is 25.7 Å². The van der Waals surface area contributed by atoms with Crippen molar-refractivity contribution in [1.82, 2.24) is 4.90 Å². The average Bonchev–Trinajstić information content (AvgIpc) is 2.70. The molecule has 0 spiro atoms. The van der Waals surface area contributed by atoms with Crippen LogP contribution in [0, 0.1) is 17.8 Å². The molecule has 2 N–H and O–H groups in total. The fourth-order valence-corrected chi connectivity index (χ4v) is 3.09. The number of ether oxygens (including phenoxy) is 1. The lowest BCUT2D eigenvalue weighted by atomic mass is 10.0. The molecule has 2 aliphatic rings. The molecule has 0 radical (unpaired) electrons. The van der Waals surface area contributed by atoms with E-state index in [-0.39, 0.29) is 6.09 Å². The Morgan fingerprint density at radius 2 is 1.82 bits per heavy atom. The molecule has 0 aromatic rings. The Labute approximate surface area is 103 Å². The molecule has 0 bridgehead atoms. The molecule has 2 atom stereocenters. The molecule has 0 unspecified atom stereocenters. The van der Waals surface area contributed by atoms with Crippen LogP contribution in [0.1, 0.15) is 33.6 Å². The van der Waals surface area contributed by atoms with E-state index in [0.29, 0.717) is 17.8 Å². The quantitative estimate of drug-likeness (QED) is 0.761. The van der Waals surface area contributed by atoms with Crippen LogP contribution in [0.2, 0.25) is 0 Å². The number of amides is 1. The molecule has 2 rings (SSSR count). The summed E-state index contributed by atoms with van der Waals surface area (Å²) in [7, 11) is 0. The van der Waals surface area contributed by atoms with Crippen molar-refractivity contribution in [2.75, 3.05) is 19.6 Å². The molecule has 17 heavy (non-hydrogen) atoms. The summed E-state index contributed by atoms with van der Waals surface area (Å²) in [6.45, 7) is 8.23. The van der Waals surface area contributed by atoms with Crippen LogP contribution in [-0.2, 0) is 4.74 Å². The van der Waals surface area contributed by atoms with Crippen LogP contribution in [-0.4, -0.2) is 36.2 Å². The molecule has 0 aromatic carbocycles. The highest BCUT2D eigenvalue weighted by Gasteiger charge is 2.42. The van der Waals surface area contributed by atoms with Crippen LogP contribution in [0.5, 0.6) is 0 Å². The van der Waals surface area contributed by atoms with Crippen molar-refractivity contribution < 1.29 is 9.53 Å². The number of nitrogens with zero attached hydrogens (tertiary/aromatic N) is 1. The van der Waals surface area contributed by atoms with Gasteiger partial charge in [-0.05, 0) is 57.9 Å². The number of carbonyl (C=O) groups excluding carboxylic acids is 1. The zero-order chi connectivity index (χ0) is 12.6. The first-order chi connectivity index (χ1) is 7.89. The van der Waals surface area contributed by atoms with Crippen molar-refractivity contribution in [3.8, 4) is 0 Å². The van der Waals surface area contributed by atoms with Crippen LogP contribution >= 0.6 is 0 Å². The fraction of sp³-hybridized carbons (Fsp3) is 0.923. The number of nitrogens with two attached hydrogens (primary N) is 1. The summed E-state index contributed by atoms with van der Waals surface area (Å²) in [4.78, 5) is 13.8. The molecular formula is C13H24N2O2. The Morgan fingerprint density at radius 3 is 2.24 bits per heavy atom. The fourth-order valence-electron chi connectivity index (χ4n) is 3.09. The first-order valence-electron chi connectivity index (χ1n) is 6.57. The van der Waals surface area contributed by atoms with Gasteiger partial charge in [-0.25, -0.2) is 4.79 Å². The van der Waals surface area contributed by atoms with Gasteiger partial charge in [-0.1, -0.05) is 0 Å². The van der Waals surface area contributed by atoms with Crippen LogP contribution in [0.25, 0.3) is 0 Å². The van der Waals surface area contributed by atoms with E-state index in [2.05, 4.69) is 0 Å². The summed E-state index contributed by atoms with van der Waals surface area (Å²) in [6.07, 6.45) is 2.21. The SMILES string of the molecule is CC(C)(C)OC(=O)N1C[C@H]2CC(CN)C[C@@H]2C1. The van der Waals surface area contributed by atoms with Crippen molar-refractivity contribution in [2.45, 2.75) is 39.2 Å². The van der Waals surface area contributed by atoms with Gasteiger partial charge in [-0.2, -0.15) is 0 Å². The number of hydrogen-bond acceptors (Lipinski definition) is 3. The predicted molar refractivity (Wildman–Crippen MR) is 66.6 cm³/mol. The predicted octanol–water partition coefficient (Wildman–Crippen LogP) is 1.84.